The Balaban J connectivity index is 1.35. The van der Waals surface area contributed by atoms with Crippen LogP contribution in [0.25, 0.3) is 0 Å². The van der Waals surface area contributed by atoms with Crippen LogP contribution in [0.5, 0.6) is 0 Å². The van der Waals surface area contributed by atoms with Gasteiger partial charge in [-0.3, -0.25) is 19.1 Å². The van der Waals surface area contributed by atoms with E-state index in [-0.39, 0.29) is 17.9 Å². The summed E-state index contributed by atoms with van der Waals surface area (Å²) >= 11 is 0. The van der Waals surface area contributed by atoms with Crippen LogP contribution in [-0.2, 0) is 6.54 Å². The van der Waals surface area contributed by atoms with Gasteiger partial charge in [-0.2, -0.15) is 5.10 Å². The van der Waals surface area contributed by atoms with Crippen LogP contribution in [0.3, 0.4) is 0 Å². The summed E-state index contributed by atoms with van der Waals surface area (Å²) in [7, 11) is 0. The van der Waals surface area contributed by atoms with Gasteiger partial charge < -0.3 is 5.32 Å². The van der Waals surface area contributed by atoms with E-state index in [0.717, 1.165) is 10.6 Å². The lowest BCUT2D eigenvalue weighted by Crippen LogP contribution is -2.29. The van der Waals surface area contributed by atoms with Crippen LogP contribution >= 0.6 is 0 Å². The molecular weight excluding hydrogens is 435 g/mol. The predicted octanol–water partition coefficient (Wildman–Crippen LogP) is 4.43. The second-order valence-corrected chi connectivity index (χ2v) is 7.92. The van der Waals surface area contributed by atoms with Gasteiger partial charge in [0.1, 0.15) is 5.82 Å². The molecule has 2 heterocycles. The smallest absolute Gasteiger partial charge is 0.266 e. The molecule has 0 bridgehead atoms. The zero-order chi connectivity index (χ0) is 23.8. The maximum absolute atomic E-state index is 14.0. The van der Waals surface area contributed by atoms with E-state index >= 15 is 0 Å². The Labute approximate surface area is 194 Å². The van der Waals surface area contributed by atoms with Crippen molar-refractivity contribution < 1.29 is 18.8 Å². The molecule has 3 amide bonds. The van der Waals surface area contributed by atoms with Crippen molar-refractivity contribution in [3.05, 3.63) is 113 Å². The summed E-state index contributed by atoms with van der Waals surface area (Å²) in [6.07, 6.45) is 0. The number of halogens is 1. The number of fused-ring (bicyclic) bond motifs is 1. The number of nitrogens with zero attached hydrogens (tertiary/aromatic N) is 3. The van der Waals surface area contributed by atoms with E-state index in [1.54, 1.807) is 71.4 Å². The number of aromatic nitrogens is 2. The molecule has 0 atom stereocenters. The van der Waals surface area contributed by atoms with E-state index in [0.29, 0.717) is 28.2 Å². The van der Waals surface area contributed by atoms with Gasteiger partial charge >= 0.3 is 0 Å². The minimum absolute atomic E-state index is 0.226. The molecule has 0 aliphatic carbocycles. The number of rotatable bonds is 5. The highest BCUT2D eigenvalue weighted by atomic mass is 19.1. The number of carbonyl (C=O) groups excluding carboxylic acids is 3. The average Bonchev–Trinajstić information content (AvgIpc) is 3.31. The zero-order valence-electron chi connectivity index (χ0n) is 18.2. The lowest BCUT2D eigenvalue weighted by atomic mass is 10.1. The molecule has 0 radical (unpaired) electrons. The van der Waals surface area contributed by atoms with Crippen molar-refractivity contribution in [2.24, 2.45) is 0 Å². The van der Waals surface area contributed by atoms with E-state index in [1.807, 2.05) is 6.92 Å². The summed E-state index contributed by atoms with van der Waals surface area (Å²) in [5.41, 5.74) is 2.46. The second kappa shape index (κ2) is 8.40. The van der Waals surface area contributed by atoms with Gasteiger partial charge in [-0.1, -0.05) is 36.4 Å². The fraction of sp³-hybridized carbons (Fsp3) is 0.0769. The molecule has 4 aromatic rings. The molecule has 0 saturated heterocycles. The van der Waals surface area contributed by atoms with Crippen molar-refractivity contribution in [1.29, 1.82) is 0 Å². The van der Waals surface area contributed by atoms with Crippen molar-refractivity contribution in [3.63, 3.8) is 0 Å². The molecule has 168 valence electrons. The van der Waals surface area contributed by atoms with Gasteiger partial charge in [0.25, 0.3) is 17.7 Å². The van der Waals surface area contributed by atoms with Crippen molar-refractivity contribution in [2.45, 2.75) is 13.5 Å². The summed E-state index contributed by atoms with van der Waals surface area (Å²) in [6, 6.07) is 21.0. The standard InChI is InChI=1S/C26H19FN4O3/c1-16-13-23(29-30(16)15-18-7-2-5-12-22(18)27)28-24(32)17-8-6-9-19(14-17)31-25(33)20-10-3-4-11-21(20)26(31)34/h2-14H,15H2,1H3,(H,28,29,32). The molecule has 3 aromatic carbocycles. The molecule has 34 heavy (non-hydrogen) atoms. The Bertz CT molecular complexity index is 1420. The van der Waals surface area contributed by atoms with Crippen molar-refractivity contribution in [3.8, 4) is 0 Å². The first-order chi connectivity index (χ1) is 16.4. The largest absolute Gasteiger partial charge is 0.305 e. The predicted molar refractivity (Wildman–Crippen MR) is 124 cm³/mol. The number of nitrogens with one attached hydrogen (secondary N) is 1. The number of amides is 3. The molecular formula is C26H19FN4O3. The van der Waals surface area contributed by atoms with Gasteiger partial charge in [0, 0.05) is 22.9 Å². The third-order valence-electron chi connectivity index (χ3n) is 5.66. The van der Waals surface area contributed by atoms with Crippen molar-refractivity contribution >= 4 is 29.2 Å². The van der Waals surface area contributed by atoms with Crippen molar-refractivity contribution in [1.82, 2.24) is 9.78 Å². The monoisotopic (exact) mass is 454 g/mol. The molecule has 8 heteroatoms. The van der Waals surface area contributed by atoms with E-state index < -0.39 is 17.7 Å². The molecule has 0 fully saturated rings. The molecule has 1 aromatic heterocycles. The highest BCUT2D eigenvalue weighted by Gasteiger charge is 2.36. The highest BCUT2D eigenvalue weighted by Crippen LogP contribution is 2.29. The third kappa shape index (κ3) is 3.75. The van der Waals surface area contributed by atoms with Gasteiger partial charge in [-0.05, 0) is 43.3 Å². The Hall–Kier alpha value is -4.59. The Morgan fingerprint density at radius 3 is 2.29 bits per heavy atom. The summed E-state index contributed by atoms with van der Waals surface area (Å²) in [4.78, 5) is 39.5. The molecule has 5 rings (SSSR count). The van der Waals surface area contributed by atoms with Gasteiger partial charge in [-0.15, -0.1) is 0 Å². The molecule has 1 N–H and O–H groups in total. The lowest BCUT2D eigenvalue weighted by molar-refractivity contribution is 0.0924. The molecule has 1 aliphatic heterocycles. The molecule has 0 unspecified atom stereocenters. The fourth-order valence-corrected chi connectivity index (χ4v) is 3.92. The van der Waals surface area contributed by atoms with Crippen molar-refractivity contribution in [2.75, 3.05) is 10.2 Å². The normalized spacial score (nSPS) is 12.7. The first-order valence-electron chi connectivity index (χ1n) is 10.6. The first-order valence-corrected chi connectivity index (χ1v) is 10.6. The first kappa shape index (κ1) is 21.3. The van der Waals surface area contributed by atoms with Gasteiger partial charge in [0.2, 0.25) is 0 Å². The van der Waals surface area contributed by atoms with Crippen LogP contribution in [0.4, 0.5) is 15.9 Å². The summed E-state index contributed by atoms with van der Waals surface area (Å²) in [5, 5.41) is 7.09. The Morgan fingerprint density at radius 1 is 0.912 bits per heavy atom. The van der Waals surface area contributed by atoms with Gasteiger partial charge in [0.15, 0.2) is 5.82 Å². The fourth-order valence-electron chi connectivity index (χ4n) is 3.92. The summed E-state index contributed by atoms with van der Waals surface area (Å²) in [5.74, 6) is -1.33. The number of carbonyl (C=O) groups is 3. The zero-order valence-corrected chi connectivity index (χ0v) is 18.2. The number of hydrogen-bond donors (Lipinski definition) is 1. The summed E-state index contributed by atoms with van der Waals surface area (Å²) < 4.78 is 15.6. The SMILES string of the molecule is Cc1cc(NC(=O)c2cccc(N3C(=O)c4ccccc4C3=O)c2)nn1Cc1ccccc1F. The van der Waals surface area contributed by atoms with Crippen LogP contribution in [0, 0.1) is 12.7 Å². The van der Waals surface area contributed by atoms with E-state index in [9.17, 15) is 18.8 Å². The topological polar surface area (TPSA) is 84.3 Å². The number of aryl methyl sites for hydroxylation is 1. The Kier molecular flexibility index (Phi) is 5.25. The maximum atomic E-state index is 14.0. The minimum Gasteiger partial charge on any atom is -0.305 e. The number of anilines is 2. The van der Waals surface area contributed by atoms with E-state index in [1.165, 1.54) is 12.1 Å². The number of hydrogen-bond acceptors (Lipinski definition) is 4. The molecule has 0 spiro atoms. The second-order valence-electron chi connectivity index (χ2n) is 7.92. The van der Waals surface area contributed by atoms with E-state index in [4.69, 9.17) is 0 Å². The molecule has 1 aliphatic rings. The van der Waals surface area contributed by atoms with Gasteiger partial charge in [-0.25, -0.2) is 9.29 Å². The molecule has 0 saturated carbocycles. The number of imide groups is 1. The minimum atomic E-state index is -0.450. The summed E-state index contributed by atoms with van der Waals surface area (Å²) in [6.45, 7) is 2.04. The third-order valence-corrected chi connectivity index (χ3v) is 5.66. The Morgan fingerprint density at radius 2 is 1.59 bits per heavy atom. The van der Waals surface area contributed by atoms with Crippen LogP contribution < -0.4 is 10.2 Å². The lowest BCUT2D eigenvalue weighted by Gasteiger charge is -2.14. The van der Waals surface area contributed by atoms with Gasteiger partial charge in [0.05, 0.1) is 23.4 Å². The average molecular weight is 454 g/mol. The maximum Gasteiger partial charge on any atom is 0.266 e. The molecule has 7 nitrogen and oxygen atoms in total. The van der Waals surface area contributed by atoms with Crippen LogP contribution in [0.1, 0.15) is 42.3 Å². The van der Waals surface area contributed by atoms with E-state index in [2.05, 4.69) is 10.4 Å². The van der Waals surface area contributed by atoms with Crippen LogP contribution in [0.15, 0.2) is 78.9 Å². The van der Waals surface area contributed by atoms with Crippen LogP contribution in [-0.4, -0.2) is 27.5 Å². The number of benzene rings is 3. The van der Waals surface area contributed by atoms with Crippen LogP contribution in [0.2, 0.25) is 0 Å². The highest BCUT2D eigenvalue weighted by molar-refractivity contribution is 6.34. The quantitative estimate of drug-likeness (QED) is 0.452.